The molecule has 0 radical (unpaired) electrons. The number of nitrogens with two attached hydrogens (primary N) is 1. The standard InChI is InChI=1S/C16H21N5O2/c17-15-4-5-18-16(20-15)19-13-2-1-3-14(12-13)23-11-8-21-6-9-22-10-7-21/h1-5,12H,6-11H2,(H3,17,18,19,20). The Bertz CT molecular complexity index is 631. The van der Waals surface area contributed by atoms with Crippen LogP contribution in [0.3, 0.4) is 0 Å². The minimum atomic E-state index is 0.431. The van der Waals surface area contributed by atoms with Crippen LogP contribution in [0.4, 0.5) is 17.5 Å². The van der Waals surface area contributed by atoms with Gasteiger partial charge in [0.2, 0.25) is 5.95 Å². The molecule has 1 aliphatic rings. The summed E-state index contributed by atoms with van der Waals surface area (Å²) in [5.41, 5.74) is 6.51. The van der Waals surface area contributed by atoms with E-state index in [4.69, 9.17) is 15.2 Å². The Morgan fingerprint density at radius 3 is 2.96 bits per heavy atom. The van der Waals surface area contributed by atoms with E-state index in [1.165, 1.54) is 0 Å². The molecule has 0 atom stereocenters. The number of nitrogens with zero attached hydrogens (tertiary/aromatic N) is 3. The summed E-state index contributed by atoms with van der Waals surface area (Å²) in [7, 11) is 0. The largest absolute Gasteiger partial charge is 0.492 e. The first-order valence-corrected chi connectivity index (χ1v) is 7.68. The summed E-state index contributed by atoms with van der Waals surface area (Å²) in [6, 6.07) is 9.37. The lowest BCUT2D eigenvalue weighted by Gasteiger charge is -2.26. The summed E-state index contributed by atoms with van der Waals surface area (Å²) in [6.07, 6.45) is 1.62. The maximum Gasteiger partial charge on any atom is 0.229 e. The quantitative estimate of drug-likeness (QED) is 0.835. The van der Waals surface area contributed by atoms with Gasteiger partial charge >= 0.3 is 0 Å². The Balaban J connectivity index is 1.52. The summed E-state index contributed by atoms with van der Waals surface area (Å²) in [6.45, 7) is 5.10. The van der Waals surface area contributed by atoms with Crippen molar-refractivity contribution in [2.75, 3.05) is 50.5 Å². The van der Waals surface area contributed by atoms with Gasteiger partial charge in [-0.05, 0) is 18.2 Å². The highest BCUT2D eigenvalue weighted by molar-refractivity contribution is 5.56. The molecule has 1 aliphatic heterocycles. The second kappa shape index (κ2) is 7.75. The average Bonchev–Trinajstić information content (AvgIpc) is 2.56. The molecular formula is C16H21N5O2. The lowest BCUT2D eigenvalue weighted by molar-refractivity contribution is 0.0322. The van der Waals surface area contributed by atoms with Gasteiger partial charge < -0.3 is 20.5 Å². The molecule has 122 valence electrons. The predicted octanol–water partition coefficient (Wildman–Crippen LogP) is 1.51. The zero-order valence-electron chi connectivity index (χ0n) is 12.9. The van der Waals surface area contributed by atoms with Gasteiger partial charge in [0.05, 0.1) is 13.2 Å². The van der Waals surface area contributed by atoms with Gasteiger partial charge in [0.15, 0.2) is 0 Å². The van der Waals surface area contributed by atoms with E-state index in [0.29, 0.717) is 18.4 Å². The van der Waals surface area contributed by atoms with E-state index >= 15 is 0 Å². The molecule has 0 bridgehead atoms. The van der Waals surface area contributed by atoms with Crippen molar-refractivity contribution in [2.45, 2.75) is 0 Å². The Morgan fingerprint density at radius 2 is 2.13 bits per heavy atom. The van der Waals surface area contributed by atoms with Crippen LogP contribution in [-0.2, 0) is 4.74 Å². The maximum atomic E-state index is 5.82. The molecule has 0 aliphatic carbocycles. The van der Waals surface area contributed by atoms with Gasteiger partial charge in [-0.2, -0.15) is 4.98 Å². The van der Waals surface area contributed by atoms with Gasteiger partial charge in [-0.1, -0.05) is 6.07 Å². The van der Waals surface area contributed by atoms with Crippen LogP contribution in [0.1, 0.15) is 0 Å². The monoisotopic (exact) mass is 315 g/mol. The number of hydrogen-bond donors (Lipinski definition) is 2. The second-order valence-electron chi connectivity index (χ2n) is 5.26. The fourth-order valence-corrected chi connectivity index (χ4v) is 2.34. The summed E-state index contributed by atoms with van der Waals surface area (Å²) in [4.78, 5) is 10.6. The summed E-state index contributed by atoms with van der Waals surface area (Å²) >= 11 is 0. The second-order valence-corrected chi connectivity index (χ2v) is 5.26. The van der Waals surface area contributed by atoms with Crippen LogP contribution in [0.25, 0.3) is 0 Å². The summed E-state index contributed by atoms with van der Waals surface area (Å²) in [5.74, 6) is 1.71. The molecule has 0 spiro atoms. The molecule has 0 amide bonds. The van der Waals surface area contributed by atoms with Crippen LogP contribution in [0.2, 0.25) is 0 Å². The fraction of sp³-hybridized carbons (Fsp3) is 0.375. The molecule has 7 heteroatoms. The molecule has 3 rings (SSSR count). The van der Waals surface area contributed by atoms with Crippen LogP contribution in [0, 0.1) is 0 Å². The first kappa shape index (κ1) is 15.5. The van der Waals surface area contributed by atoms with E-state index < -0.39 is 0 Å². The van der Waals surface area contributed by atoms with E-state index in [1.807, 2.05) is 24.3 Å². The maximum absolute atomic E-state index is 5.82. The smallest absolute Gasteiger partial charge is 0.229 e. The van der Waals surface area contributed by atoms with E-state index in [2.05, 4.69) is 20.2 Å². The number of nitrogen functional groups attached to an aromatic ring is 1. The van der Waals surface area contributed by atoms with Crippen LogP contribution in [-0.4, -0.2) is 54.3 Å². The van der Waals surface area contributed by atoms with Crippen molar-refractivity contribution in [3.8, 4) is 5.75 Å². The Hall–Kier alpha value is -2.38. The highest BCUT2D eigenvalue weighted by atomic mass is 16.5. The average molecular weight is 315 g/mol. The van der Waals surface area contributed by atoms with Crippen molar-refractivity contribution in [1.82, 2.24) is 14.9 Å². The molecule has 1 saturated heterocycles. The predicted molar refractivity (Wildman–Crippen MR) is 88.9 cm³/mol. The van der Waals surface area contributed by atoms with Gasteiger partial charge in [-0.25, -0.2) is 4.98 Å². The van der Waals surface area contributed by atoms with E-state index in [9.17, 15) is 0 Å². The molecule has 23 heavy (non-hydrogen) atoms. The van der Waals surface area contributed by atoms with Crippen molar-refractivity contribution in [2.24, 2.45) is 0 Å². The van der Waals surface area contributed by atoms with E-state index in [0.717, 1.165) is 44.3 Å². The van der Waals surface area contributed by atoms with Crippen molar-refractivity contribution in [3.05, 3.63) is 36.5 Å². The number of rotatable bonds is 6. The highest BCUT2D eigenvalue weighted by Crippen LogP contribution is 2.20. The van der Waals surface area contributed by atoms with Gasteiger partial charge in [-0.15, -0.1) is 0 Å². The Labute approximate surface area is 135 Å². The SMILES string of the molecule is Nc1ccnc(Nc2cccc(OCCN3CCOCC3)c2)n1. The third-order valence-corrected chi connectivity index (χ3v) is 3.55. The zero-order valence-corrected chi connectivity index (χ0v) is 12.9. The zero-order chi connectivity index (χ0) is 15.9. The molecule has 1 aromatic heterocycles. The molecular weight excluding hydrogens is 294 g/mol. The lowest BCUT2D eigenvalue weighted by Crippen LogP contribution is -2.38. The first-order valence-electron chi connectivity index (χ1n) is 7.68. The van der Waals surface area contributed by atoms with Crippen LogP contribution >= 0.6 is 0 Å². The van der Waals surface area contributed by atoms with Crippen LogP contribution < -0.4 is 15.8 Å². The van der Waals surface area contributed by atoms with Gasteiger partial charge in [0.25, 0.3) is 0 Å². The molecule has 7 nitrogen and oxygen atoms in total. The van der Waals surface area contributed by atoms with Gasteiger partial charge in [-0.3, -0.25) is 4.90 Å². The third kappa shape index (κ3) is 4.80. The minimum absolute atomic E-state index is 0.431. The molecule has 0 unspecified atom stereocenters. The third-order valence-electron chi connectivity index (χ3n) is 3.55. The molecule has 0 saturated carbocycles. The molecule has 2 heterocycles. The Kier molecular flexibility index (Phi) is 5.23. The van der Waals surface area contributed by atoms with Gasteiger partial charge in [0, 0.05) is 37.6 Å². The topological polar surface area (TPSA) is 85.5 Å². The fourth-order valence-electron chi connectivity index (χ4n) is 2.34. The van der Waals surface area contributed by atoms with Gasteiger partial charge in [0.1, 0.15) is 18.2 Å². The Morgan fingerprint density at radius 1 is 1.26 bits per heavy atom. The number of nitrogens with one attached hydrogen (secondary N) is 1. The summed E-state index contributed by atoms with van der Waals surface area (Å²) < 4.78 is 11.2. The molecule has 1 fully saturated rings. The van der Waals surface area contributed by atoms with Crippen molar-refractivity contribution < 1.29 is 9.47 Å². The summed E-state index contributed by atoms with van der Waals surface area (Å²) in [5, 5.41) is 3.12. The normalized spacial score (nSPS) is 15.3. The molecule has 2 aromatic rings. The highest BCUT2D eigenvalue weighted by Gasteiger charge is 2.09. The van der Waals surface area contributed by atoms with E-state index in [1.54, 1.807) is 12.3 Å². The first-order chi connectivity index (χ1) is 11.3. The number of benzene rings is 1. The molecule has 1 aromatic carbocycles. The molecule has 3 N–H and O–H groups in total. The minimum Gasteiger partial charge on any atom is -0.492 e. The number of hydrogen-bond acceptors (Lipinski definition) is 7. The van der Waals surface area contributed by atoms with Crippen LogP contribution in [0.15, 0.2) is 36.5 Å². The van der Waals surface area contributed by atoms with Crippen LogP contribution in [0.5, 0.6) is 5.75 Å². The number of anilines is 3. The number of morpholine rings is 1. The number of aromatic nitrogens is 2. The van der Waals surface area contributed by atoms with Crippen molar-refractivity contribution in [3.63, 3.8) is 0 Å². The number of ether oxygens (including phenoxy) is 2. The van der Waals surface area contributed by atoms with Crippen molar-refractivity contribution in [1.29, 1.82) is 0 Å². The van der Waals surface area contributed by atoms with Crippen molar-refractivity contribution >= 4 is 17.5 Å². The van der Waals surface area contributed by atoms with E-state index in [-0.39, 0.29) is 0 Å². The lowest BCUT2D eigenvalue weighted by atomic mass is 10.3.